The topological polar surface area (TPSA) is 125 Å². The highest BCUT2D eigenvalue weighted by Gasteiger charge is 2.44. The Kier molecular flexibility index (Phi) is 7.92. The number of hydrogen-bond donors (Lipinski definition) is 2. The Morgan fingerprint density at radius 1 is 0.917 bits per heavy atom. The minimum atomic E-state index is -0.783. The average Bonchev–Trinajstić information content (AvgIpc) is 3.58. The van der Waals surface area contributed by atoms with Gasteiger partial charge < -0.3 is 20.4 Å². The number of anilines is 1. The quantitative estimate of drug-likeness (QED) is 0.608. The molecule has 2 aromatic heterocycles. The fourth-order valence-electron chi connectivity index (χ4n) is 4.86. The average molecular weight is 493 g/mol. The fraction of sp³-hybridized carbons (Fsp3) is 0.462. The smallest absolute Gasteiger partial charge is 0.253 e. The normalized spacial score (nSPS) is 20.3. The van der Waals surface area contributed by atoms with Crippen molar-refractivity contribution in [2.45, 2.75) is 57.7 Å². The molecule has 0 unspecified atom stereocenters. The van der Waals surface area contributed by atoms with E-state index in [4.69, 9.17) is 0 Å². The summed E-state index contributed by atoms with van der Waals surface area (Å²) >= 11 is 0. The molecule has 3 atom stereocenters. The van der Waals surface area contributed by atoms with Gasteiger partial charge in [0, 0.05) is 31.7 Å². The van der Waals surface area contributed by atoms with Crippen molar-refractivity contribution >= 4 is 29.3 Å². The van der Waals surface area contributed by atoms with Crippen LogP contribution in [-0.4, -0.2) is 74.6 Å². The van der Waals surface area contributed by atoms with Gasteiger partial charge in [-0.15, -0.1) is 0 Å². The van der Waals surface area contributed by atoms with Crippen LogP contribution in [0.15, 0.2) is 49.1 Å². The highest BCUT2D eigenvalue weighted by Crippen LogP contribution is 2.27. The molecule has 0 aromatic carbocycles. The van der Waals surface area contributed by atoms with E-state index in [-0.39, 0.29) is 29.5 Å². The van der Waals surface area contributed by atoms with Gasteiger partial charge in [-0.3, -0.25) is 29.1 Å². The molecule has 2 N–H and O–H groups in total. The van der Waals surface area contributed by atoms with Gasteiger partial charge in [-0.2, -0.15) is 0 Å². The number of nitrogens with zero attached hydrogens (tertiary/aromatic N) is 4. The van der Waals surface area contributed by atoms with Crippen molar-refractivity contribution < 1.29 is 19.2 Å². The summed E-state index contributed by atoms with van der Waals surface area (Å²) in [4.78, 5) is 64.0. The van der Waals surface area contributed by atoms with Crippen LogP contribution in [0.3, 0.4) is 0 Å². The number of rotatable bonds is 7. The molecule has 0 bridgehead atoms. The first-order chi connectivity index (χ1) is 17.4. The second-order valence-electron chi connectivity index (χ2n) is 9.55. The summed E-state index contributed by atoms with van der Waals surface area (Å²) in [5.74, 6) is -1.32. The Morgan fingerprint density at radius 2 is 1.58 bits per heavy atom. The number of carbonyl (C=O) groups excluding carboxylic acids is 4. The number of carbonyl (C=O) groups is 4. The Bertz CT molecular complexity index is 1090. The standard InChI is InChI=1S/C26H32N6O4/c1-17(2)22(30-23(33)18-7-3-11-27-15-18)26(36)32-14-6-10-21(32)25(35)31-13-5-9-20(31)24(34)29-19-8-4-12-28-16-19/h3-4,7-8,11-12,15-17,20-22H,5-6,9-10,13-14H2,1-2H3,(H,29,34)(H,30,33)/t20-,21-,22-/m0/s1. The first-order valence-electron chi connectivity index (χ1n) is 12.4. The molecule has 4 heterocycles. The summed E-state index contributed by atoms with van der Waals surface area (Å²) in [5, 5.41) is 5.66. The van der Waals surface area contributed by atoms with E-state index in [1.807, 2.05) is 13.8 Å². The molecule has 2 aromatic rings. The van der Waals surface area contributed by atoms with Crippen molar-refractivity contribution in [3.8, 4) is 0 Å². The Labute approximate surface area is 210 Å². The van der Waals surface area contributed by atoms with Crippen LogP contribution >= 0.6 is 0 Å². The molecule has 10 nitrogen and oxygen atoms in total. The van der Waals surface area contributed by atoms with Gasteiger partial charge in [-0.1, -0.05) is 13.8 Å². The van der Waals surface area contributed by atoms with E-state index in [0.717, 1.165) is 0 Å². The van der Waals surface area contributed by atoms with E-state index in [2.05, 4.69) is 20.6 Å². The van der Waals surface area contributed by atoms with Crippen molar-refractivity contribution in [2.24, 2.45) is 5.92 Å². The maximum absolute atomic E-state index is 13.6. The number of pyridine rings is 2. The molecule has 10 heteroatoms. The SMILES string of the molecule is CC(C)[C@H](NC(=O)c1cccnc1)C(=O)N1CCC[C@H]1C(=O)N1CCC[C@H]1C(=O)Nc1cccnc1. The maximum atomic E-state index is 13.6. The van der Waals surface area contributed by atoms with Gasteiger partial charge in [0.05, 0.1) is 17.4 Å². The van der Waals surface area contributed by atoms with Gasteiger partial charge in [0.1, 0.15) is 18.1 Å². The van der Waals surface area contributed by atoms with Gasteiger partial charge in [0.25, 0.3) is 5.91 Å². The van der Waals surface area contributed by atoms with E-state index < -0.39 is 18.1 Å². The molecule has 4 amide bonds. The molecule has 4 rings (SSSR count). The minimum Gasteiger partial charge on any atom is -0.340 e. The lowest BCUT2D eigenvalue weighted by Crippen LogP contribution is -2.56. The van der Waals surface area contributed by atoms with Crippen molar-refractivity contribution in [2.75, 3.05) is 18.4 Å². The highest BCUT2D eigenvalue weighted by atomic mass is 16.2. The molecule has 190 valence electrons. The summed E-state index contributed by atoms with van der Waals surface area (Å²) in [7, 11) is 0. The zero-order valence-corrected chi connectivity index (χ0v) is 20.6. The van der Waals surface area contributed by atoms with Gasteiger partial charge in [-0.05, 0) is 55.9 Å². The van der Waals surface area contributed by atoms with Crippen molar-refractivity contribution in [1.29, 1.82) is 0 Å². The van der Waals surface area contributed by atoms with Crippen LogP contribution in [0, 0.1) is 5.92 Å². The fourth-order valence-corrected chi connectivity index (χ4v) is 4.86. The van der Waals surface area contributed by atoms with Crippen LogP contribution in [0.25, 0.3) is 0 Å². The Morgan fingerprint density at radius 3 is 2.22 bits per heavy atom. The van der Waals surface area contributed by atoms with E-state index >= 15 is 0 Å². The van der Waals surface area contributed by atoms with Gasteiger partial charge in [-0.25, -0.2) is 0 Å². The number of amides is 4. The maximum Gasteiger partial charge on any atom is 0.253 e. The highest BCUT2D eigenvalue weighted by molar-refractivity contribution is 6.00. The predicted molar refractivity (Wildman–Crippen MR) is 133 cm³/mol. The van der Waals surface area contributed by atoms with Crippen molar-refractivity contribution in [3.63, 3.8) is 0 Å². The van der Waals surface area contributed by atoms with Crippen LogP contribution in [0.5, 0.6) is 0 Å². The lowest BCUT2D eigenvalue weighted by molar-refractivity contribution is -0.147. The molecule has 2 aliphatic rings. The summed E-state index contributed by atoms with van der Waals surface area (Å²) in [6.45, 7) is 4.62. The van der Waals surface area contributed by atoms with Crippen LogP contribution in [0.4, 0.5) is 5.69 Å². The third-order valence-electron chi connectivity index (χ3n) is 6.73. The van der Waals surface area contributed by atoms with E-state index in [0.29, 0.717) is 50.0 Å². The Hall–Kier alpha value is -3.82. The molecule has 0 spiro atoms. The molecule has 0 aliphatic carbocycles. The number of likely N-dealkylation sites (tertiary alicyclic amines) is 2. The lowest BCUT2D eigenvalue weighted by atomic mass is 10.0. The molecule has 0 saturated carbocycles. The lowest BCUT2D eigenvalue weighted by Gasteiger charge is -2.33. The van der Waals surface area contributed by atoms with E-state index in [1.54, 1.807) is 52.7 Å². The molecule has 2 aliphatic heterocycles. The molecule has 2 saturated heterocycles. The largest absolute Gasteiger partial charge is 0.340 e. The second-order valence-corrected chi connectivity index (χ2v) is 9.55. The first-order valence-corrected chi connectivity index (χ1v) is 12.4. The number of hydrogen-bond acceptors (Lipinski definition) is 6. The monoisotopic (exact) mass is 492 g/mol. The summed E-state index contributed by atoms with van der Waals surface area (Å²) < 4.78 is 0. The van der Waals surface area contributed by atoms with Gasteiger partial charge in [0.2, 0.25) is 17.7 Å². The van der Waals surface area contributed by atoms with Gasteiger partial charge >= 0.3 is 0 Å². The molecular weight excluding hydrogens is 460 g/mol. The van der Waals surface area contributed by atoms with Gasteiger partial charge in [0.15, 0.2) is 0 Å². The van der Waals surface area contributed by atoms with Crippen LogP contribution in [0.2, 0.25) is 0 Å². The third kappa shape index (κ3) is 5.53. The summed E-state index contributed by atoms with van der Waals surface area (Å²) in [5.41, 5.74) is 0.938. The number of aromatic nitrogens is 2. The second kappa shape index (κ2) is 11.3. The van der Waals surface area contributed by atoms with Crippen LogP contribution < -0.4 is 10.6 Å². The Balaban J connectivity index is 1.45. The zero-order chi connectivity index (χ0) is 25.7. The molecular formula is C26H32N6O4. The van der Waals surface area contributed by atoms with Crippen LogP contribution in [-0.2, 0) is 14.4 Å². The first kappa shape index (κ1) is 25.3. The minimum absolute atomic E-state index is 0.181. The van der Waals surface area contributed by atoms with E-state index in [9.17, 15) is 19.2 Å². The molecule has 0 radical (unpaired) electrons. The van der Waals surface area contributed by atoms with E-state index in [1.165, 1.54) is 6.20 Å². The third-order valence-corrected chi connectivity index (χ3v) is 6.73. The van der Waals surface area contributed by atoms with Crippen molar-refractivity contribution in [1.82, 2.24) is 25.1 Å². The molecule has 2 fully saturated rings. The predicted octanol–water partition coefficient (Wildman–Crippen LogP) is 1.85. The summed E-state index contributed by atoms with van der Waals surface area (Å²) in [6.07, 6.45) is 8.69. The molecule has 36 heavy (non-hydrogen) atoms. The zero-order valence-electron chi connectivity index (χ0n) is 20.6. The summed E-state index contributed by atoms with van der Waals surface area (Å²) in [6, 6.07) is 4.74. The number of nitrogens with one attached hydrogen (secondary N) is 2. The van der Waals surface area contributed by atoms with Crippen LogP contribution in [0.1, 0.15) is 49.9 Å². The van der Waals surface area contributed by atoms with Crippen molar-refractivity contribution in [3.05, 3.63) is 54.6 Å².